The minimum absolute atomic E-state index is 0.0519. The smallest absolute Gasteiger partial charge is 0.115 e. The fraction of sp³-hybridized carbons (Fsp3) is 0.182. The molecule has 0 unspecified atom stereocenters. The van der Waals surface area contributed by atoms with Gasteiger partial charge in [0.15, 0.2) is 0 Å². The first-order chi connectivity index (χ1) is 11.3. The Bertz CT molecular complexity index is 839. The molecule has 3 aromatic carbocycles. The van der Waals surface area contributed by atoms with Crippen molar-refractivity contribution < 1.29 is 10.2 Å². The van der Waals surface area contributed by atoms with Gasteiger partial charge in [-0.15, -0.1) is 0 Å². The molecule has 122 valence electrons. The average Bonchev–Trinajstić information content (AvgIpc) is 2.55. The largest absolute Gasteiger partial charge is 0.508 e. The lowest BCUT2D eigenvalue weighted by Crippen LogP contribution is -2.12. The molecule has 2 nitrogen and oxygen atoms in total. The van der Waals surface area contributed by atoms with Gasteiger partial charge in [0.1, 0.15) is 11.5 Å². The molecule has 0 radical (unpaired) electrons. The number of phenols is 2. The standard InChI is InChI=1S/C22H22O2/c1-22(2,3)21-14-19(24)12-13-20(21)17-6-4-15(5-7-17)16-8-10-18(23)11-9-16/h4-14,23-24H,1-3H3. The fourth-order valence-corrected chi connectivity index (χ4v) is 2.90. The van der Waals surface area contributed by atoms with Crippen LogP contribution in [0.3, 0.4) is 0 Å². The predicted molar refractivity (Wildman–Crippen MR) is 99.3 cm³/mol. The Morgan fingerprint density at radius 1 is 0.583 bits per heavy atom. The van der Waals surface area contributed by atoms with Crippen LogP contribution in [0.2, 0.25) is 0 Å². The molecule has 0 bridgehead atoms. The summed E-state index contributed by atoms with van der Waals surface area (Å²) in [5.74, 6) is 0.568. The Kier molecular flexibility index (Phi) is 4.06. The maximum atomic E-state index is 9.84. The molecule has 3 aromatic rings. The van der Waals surface area contributed by atoms with E-state index in [0.29, 0.717) is 5.75 Å². The van der Waals surface area contributed by atoms with E-state index in [0.717, 1.165) is 27.8 Å². The molecular weight excluding hydrogens is 296 g/mol. The van der Waals surface area contributed by atoms with Gasteiger partial charge in [-0.05, 0) is 57.5 Å². The molecule has 0 heterocycles. The van der Waals surface area contributed by atoms with Crippen LogP contribution in [0.15, 0.2) is 66.7 Å². The number of phenolic OH excluding ortho intramolecular Hbond substituents is 2. The summed E-state index contributed by atoms with van der Waals surface area (Å²) in [5.41, 5.74) is 5.51. The number of hydrogen-bond acceptors (Lipinski definition) is 2. The Balaban J connectivity index is 2.01. The molecule has 3 rings (SSSR count). The highest BCUT2D eigenvalue weighted by Gasteiger charge is 2.19. The first-order valence-electron chi connectivity index (χ1n) is 8.08. The van der Waals surface area contributed by atoms with Crippen molar-refractivity contribution in [3.05, 3.63) is 72.3 Å². The average molecular weight is 318 g/mol. The Morgan fingerprint density at radius 3 is 1.58 bits per heavy atom. The van der Waals surface area contributed by atoms with E-state index in [1.54, 1.807) is 18.2 Å². The number of hydrogen-bond donors (Lipinski definition) is 2. The number of rotatable bonds is 2. The quantitative estimate of drug-likeness (QED) is 0.633. The van der Waals surface area contributed by atoms with Gasteiger partial charge in [0.05, 0.1) is 0 Å². The molecule has 0 aliphatic heterocycles. The van der Waals surface area contributed by atoms with E-state index in [1.807, 2.05) is 24.3 Å². The summed E-state index contributed by atoms with van der Waals surface area (Å²) in [6, 6.07) is 21.1. The summed E-state index contributed by atoms with van der Waals surface area (Å²) in [7, 11) is 0. The molecule has 24 heavy (non-hydrogen) atoms. The lowest BCUT2D eigenvalue weighted by molar-refractivity contribution is 0.471. The highest BCUT2D eigenvalue weighted by molar-refractivity contribution is 5.73. The summed E-state index contributed by atoms with van der Waals surface area (Å²) in [6.45, 7) is 6.45. The molecule has 0 saturated heterocycles. The summed E-state index contributed by atoms with van der Waals surface area (Å²) in [4.78, 5) is 0. The van der Waals surface area contributed by atoms with Crippen LogP contribution in [0.25, 0.3) is 22.3 Å². The molecule has 2 heteroatoms. The van der Waals surface area contributed by atoms with E-state index in [4.69, 9.17) is 0 Å². The van der Waals surface area contributed by atoms with Crippen LogP contribution in [0.4, 0.5) is 0 Å². The van der Waals surface area contributed by atoms with Crippen molar-refractivity contribution in [3.8, 4) is 33.8 Å². The van der Waals surface area contributed by atoms with Crippen molar-refractivity contribution in [2.75, 3.05) is 0 Å². The Labute approximate surface area is 143 Å². The fourth-order valence-electron chi connectivity index (χ4n) is 2.90. The van der Waals surface area contributed by atoms with Gasteiger partial charge < -0.3 is 10.2 Å². The van der Waals surface area contributed by atoms with E-state index in [1.165, 1.54) is 0 Å². The van der Waals surface area contributed by atoms with Crippen molar-refractivity contribution in [3.63, 3.8) is 0 Å². The van der Waals surface area contributed by atoms with Crippen LogP contribution >= 0.6 is 0 Å². The third-order valence-corrected chi connectivity index (χ3v) is 4.21. The third kappa shape index (κ3) is 3.28. The van der Waals surface area contributed by atoms with Gasteiger partial charge in [-0.2, -0.15) is 0 Å². The predicted octanol–water partition coefficient (Wildman–Crippen LogP) is 5.73. The normalized spacial score (nSPS) is 11.5. The first-order valence-corrected chi connectivity index (χ1v) is 8.08. The third-order valence-electron chi connectivity index (χ3n) is 4.21. The van der Waals surface area contributed by atoms with Gasteiger partial charge in [0.2, 0.25) is 0 Å². The van der Waals surface area contributed by atoms with Crippen LogP contribution in [0.5, 0.6) is 11.5 Å². The Hall–Kier alpha value is -2.74. The SMILES string of the molecule is CC(C)(C)c1cc(O)ccc1-c1ccc(-c2ccc(O)cc2)cc1. The zero-order chi connectivity index (χ0) is 17.3. The zero-order valence-electron chi connectivity index (χ0n) is 14.2. The van der Waals surface area contributed by atoms with Gasteiger partial charge in [0, 0.05) is 0 Å². The maximum Gasteiger partial charge on any atom is 0.115 e. The minimum Gasteiger partial charge on any atom is -0.508 e. The van der Waals surface area contributed by atoms with E-state index in [-0.39, 0.29) is 11.2 Å². The molecule has 0 atom stereocenters. The first kappa shape index (κ1) is 16.1. The van der Waals surface area contributed by atoms with E-state index in [9.17, 15) is 10.2 Å². The monoisotopic (exact) mass is 318 g/mol. The van der Waals surface area contributed by atoms with Crippen LogP contribution in [0.1, 0.15) is 26.3 Å². The summed E-state index contributed by atoms with van der Waals surface area (Å²) in [5, 5.41) is 19.2. The summed E-state index contributed by atoms with van der Waals surface area (Å²) in [6.07, 6.45) is 0. The molecule has 0 saturated carbocycles. The van der Waals surface area contributed by atoms with Crippen molar-refractivity contribution >= 4 is 0 Å². The second-order valence-corrected chi connectivity index (χ2v) is 7.10. The van der Waals surface area contributed by atoms with Gasteiger partial charge in [0.25, 0.3) is 0 Å². The minimum atomic E-state index is -0.0519. The highest BCUT2D eigenvalue weighted by atomic mass is 16.3. The van der Waals surface area contributed by atoms with Crippen molar-refractivity contribution in [2.45, 2.75) is 26.2 Å². The topological polar surface area (TPSA) is 40.5 Å². The lowest BCUT2D eigenvalue weighted by atomic mass is 9.81. The van der Waals surface area contributed by atoms with Crippen molar-refractivity contribution in [2.24, 2.45) is 0 Å². The van der Waals surface area contributed by atoms with Crippen LogP contribution in [0, 0.1) is 0 Å². The summed E-state index contributed by atoms with van der Waals surface area (Å²) < 4.78 is 0. The van der Waals surface area contributed by atoms with E-state index >= 15 is 0 Å². The van der Waals surface area contributed by atoms with Gasteiger partial charge in [-0.25, -0.2) is 0 Å². The van der Waals surface area contributed by atoms with Gasteiger partial charge in [-0.1, -0.05) is 63.2 Å². The molecule has 0 fully saturated rings. The molecule has 0 amide bonds. The van der Waals surface area contributed by atoms with Crippen molar-refractivity contribution in [1.82, 2.24) is 0 Å². The zero-order valence-corrected chi connectivity index (χ0v) is 14.2. The lowest BCUT2D eigenvalue weighted by Gasteiger charge is -2.23. The van der Waals surface area contributed by atoms with E-state index in [2.05, 4.69) is 45.0 Å². The van der Waals surface area contributed by atoms with E-state index < -0.39 is 0 Å². The number of benzene rings is 3. The van der Waals surface area contributed by atoms with Crippen LogP contribution < -0.4 is 0 Å². The van der Waals surface area contributed by atoms with Gasteiger partial charge in [-0.3, -0.25) is 0 Å². The number of aromatic hydroxyl groups is 2. The maximum absolute atomic E-state index is 9.84. The van der Waals surface area contributed by atoms with Crippen LogP contribution in [-0.2, 0) is 5.41 Å². The molecule has 0 aliphatic rings. The molecule has 0 aromatic heterocycles. The summed E-state index contributed by atoms with van der Waals surface area (Å²) >= 11 is 0. The highest BCUT2D eigenvalue weighted by Crippen LogP contribution is 2.36. The second kappa shape index (κ2) is 6.04. The molecule has 0 spiro atoms. The molecule has 0 aliphatic carbocycles. The molecular formula is C22H22O2. The van der Waals surface area contributed by atoms with Crippen molar-refractivity contribution in [1.29, 1.82) is 0 Å². The van der Waals surface area contributed by atoms with Gasteiger partial charge >= 0.3 is 0 Å². The van der Waals surface area contributed by atoms with Crippen LogP contribution in [-0.4, -0.2) is 10.2 Å². The second-order valence-electron chi connectivity index (χ2n) is 7.10. The molecule has 2 N–H and O–H groups in total. The Morgan fingerprint density at radius 2 is 1.04 bits per heavy atom.